The minimum Gasteiger partial charge on any atom is -0.490 e. The standard InChI is InChI=1S/C36H34O4/c1-4-33-30(25-31(28-14-9-7-10-15-28)26-34(33)29-16-11-8-12-17-29)18-13-23-40-32-21-19-27(20-22-32)24-35(38-5-2)36(37)39-6-3/h1,7-22,25-26,35H,5-6,23-24H2,2-3H3/b18-13+/t35-/m0/s1. The van der Waals surface area contributed by atoms with Crippen LogP contribution in [-0.2, 0) is 20.7 Å². The molecule has 0 amide bonds. The lowest BCUT2D eigenvalue weighted by Gasteiger charge is -2.15. The molecule has 40 heavy (non-hydrogen) atoms. The molecule has 0 fully saturated rings. The fraction of sp³-hybridized carbons (Fsp3) is 0.194. The zero-order valence-corrected chi connectivity index (χ0v) is 23.0. The number of hydrogen-bond donors (Lipinski definition) is 0. The summed E-state index contributed by atoms with van der Waals surface area (Å²) in [6.07, 6.45) is 9.85. The van der Waals surface area contributed by atoms with Crippen LogP contribution < -0.4 is 4.74 Å². The Morgan fingerprint density at radius 1 is 0.850 bits per heavy atom. The Balaban J connectivity index is 1.49. The van der Waals surface area contributed by atoms with E-state index in [1.807, 2.05) is 79.7 Å². The van der Waals surface area contributed by atoms with E-state index in [1.54, 1.807) is 6.92 Å². The summed E-state index contributed by atoms with van der Waals surface area (Å²) in [5.41, 5.74) is 7.10. The van der Waals surface area contributed by atoms with Crippen molar-refractivity contribution in [2.24, 2.45) is 0 Å². The van der Waals surface area contributed by atoms with E-state index in [-0.39, 0.29) is 5.97 Å². The molecular formula is C36H34O4. The number of carbonyl (C=O) groups is 1. The molecule has 4 rings (SSSR count). The topological polar surface area (TPSA) is 44.8 Å². The zero-order chi connectivity index (χ0) is 28.2. The smallest absolute Gasteiger partial charge is 0.335 e. The van der Waals surface area contributed by atoms with Crippen LogP contribution in [0, 0.1) is 12.3 Å². The molecule has 0 aliphatic rings. The van der Waals surface area contributed by atoms with Gasteiger partial charge in [-0.1, -0.05) is 84.8 Å². The average Bonchev–Trinajstić information content (AvgIpc) is 3.00. The SMILES string of the molecule is C#Cc1c(/C=C/COc2ccc(C[C@H](OCC)C(=O)OCC)cc2)cc(-c2ccccc2)cc1-c1ccccc1. The first kappa shape index (κ1) is 28.4. The number of terminal acetylenes is 1. The Kier molecular flexibility index (Phi) is 10.3. The molecular weight excluding hydrogens is 496 g/mol. The molecule has 0 heterocycles. The van der Waals surface area contributed by atoms with Crippen LogP contribution in [0.25, 0.3) is 28.3 Å². The minimum atomic E-state index is -0.613. The van der Waals surface area contributed by atoms with E-state index in [0.29, 0.717) is 26.2 Å². The van der Waals surface area contributed by atoms with Crippen molar-refractivity contribution < 1.29 is 19.0 Å². The highest BCUT2D eigenvalue weighted by atomic mass is 16.6. The van der Waals surface area contributed by atoms with Crippen molar-refractivity contribution in [1.82, 2.24) is 0 Å². The van der Waals surface area contributed by atoms with E-state index in [2.05, 4.69) is 42.3 Å². The van der Waals surface area contributed by atoms with Crippen LogP contribution >= 0.6 is 0 Å². The molecule has 0 aliphatic carbocycles. The monoisotopic (exact) mass is 530 g/mol. The molecule has 0 aromatic heterocycles. The van der Waals surface area contributed by atoms with Crippen molar-refractivity contribution in [3.63, 3.8) is 0 Å². The van der Waals surface area contributed by atoms with Gasteiger partial charge in [0.2, 0.25) is 0 Å². The lowest BCUT2D eigenvalue weighted by atomic mass is 9.90. The van der Waals surface area contributed by atoms with Crippen LogP contribution in [0.3, 0.4) is 0 Å². The van der Waals surface area contributed by atoms with Gasteiger partial charge in [0.05, 0.1) is 6.61 Å². The van der Waals surface area contributed by atoms with Gasteiger partial charge in [0.25, 0.3) is 0 Å². The summed E-state index contributed by atoms with van der Waals surface area (Å²) in [5.74, 6) is 3.31. The van der Waals surface area contributed by atoms with E-state index in [9.17, 15) is 4.79 Å². The van der Waals surface area contributed by atoms with Crippen LogP contribution in [0.1, 0.15) is 30.5 Å². The first-order chi connectivity index (χ1) is 19.6. The Labute approximate surface area is 237 Å². The molecule has 0 spiro atoms. The van der Waals surface area contributed by atoms with Gasteiger partial charge in [-0.3, -0.25) is 0 Å². The number of hydrogen-bond acceptors (Lipinski definition) is 4. The summed E-state index contributed by atoms with van der Waals surface area (Å²) in [4.78, 5) is 12.2. The van der Waals surface area contributed by atoms with Gasteiger partial charge in [-0.2, -0.15) is 0 Å². The van der Waals surface area contributed by atoms with Gasteiger partial charge in [-0.15, -0.1) is 6.42 Å². The predicted molar refractivity (Wildman–Crippen MR) is 162 cm³/mol. The highest BCUT2D eigenvalue weighted by Gasteiger charge is 2.20. The lowest BCUT2D eigenvalue weighted by molar-refractivity contribution is -0.156. The van der Waals surface area contributed by atoms with Gasteiger partial charge in [-0.05, 0) is 77.6 Å². The Bertz CT molecular complexity index is 1450. The predicted octanol–water partition coefficient (Wildman–Crippen LogP) is 7.60. The van der Waals surface area contributed by atoms with Gasteiger partial charge in [0.1, 0.15) is 12.4 Å². The van der Waals surface area contributed by atoms with E-state index >= 15 is 0 Å². The fourth-order valence-corrected chi connectivity index (χ4v) is 4.50. The van der Waals surface area contributed by atoms with Crippen molar-refractivity contribution in [1.29, 1.82) is 0 Å². The molecule has 0 radical (unpaired) electrons. The second kappa shape index (κ2) is 14.5. The summed E-state index contributed by atoms with van der Waals surface area (Å²) < 4.78 is 16.7. The molecule has 4 aromatic carbocycles. The molecule has 0 saturated heterocycles. The maximum absolute atomic E-state index is 12.2. The highest BCUT2D eigenvalue weighted by Crippen LogP contribution is 2.33. The Morgan fingerprint density at radius 2 is 1.52 bits per heavy atom. The number of rotatable bonds is 12. The van der Waals surface area contributed by atoms with E-state index in [1.165, 1.54) is 0 Å². The molecule has 202 valence electrons. The largest absolute Gasteiger partial charge is 0.490 e. The van der Waals surface area contributed by atoms with Crippen molar-refractivity contribution in [3.05, 3.63) is 120 Å². The number of benzene rings is 4. The molecule has 4 heteroatoms. The molecule has 0 aliphatic heterocycles. The van der Waals surface area contributed by atoms with Crippen molar-refractivity contribution in [3.8, 4) is 40.3 Å². The summed E-state index contributed by atoms with van der Waals surface area (Å²) in [6, 6.07) is 32.4. The number of carbonyl (C=O) groups excluding carboxylic acids is 1. The van der Waals surface area contributed by atoms with Gasteiger partial charge >= 0.3 is 5.97 Å². The van der Waals surface area contributed by atoms with Crippen molar-refractivity contribution in [2.75, 3.05) is 19.8 Å². The van der Waals surface area contributed by atoms with E-state index < -0.39 is 6.10 Å². The van der Waals surface area contributed by atoms with E-state index in [0.717, 1.165) is 44.7 Å². The van der Waals surface area contributed by atoms with E-state index in [4.69, 9.17) is 20.6 Å². The molecule has 4 nitrogen and oxygen atoms in total. The first-order valence-electron chi connectivity index (χ1n) is 13.5. The van der Waals surface area contributed by atoms with Gasteiger partial charge < -0.3 is 14.2 Å². The van der Waals surface area contributed by atoms with Gasteiger partial charge in [0.15, 0.2) is 6.10 Å². The third-order valence-corrected chi connectivity index (χ3v) is 6.41. The molecule has 0 bridgehead atoms. The molecule has 1 atom stereocenters. The number of esters is 1. The van der Waals surface area contributed by atoms with Crippen molar-refractivity contribution >= 4 is 12.0 Å². The Hall–Kier alpha value is -4.59. The van der Waals surface area contributed by atoms with Crippen LogP contribution in [-0.4, -0.2) is 31.9 Å². The van der Waals surface area contributed by atoms with Crippen molar-refractivity contribution in [2.45, 2.75) is 26.4 Å². The van der Waals surface area contributed by atoms with Crippen LogP contribution in [0.15, 0.2) is 103 Å². The second-order valence-corrected chi connectivity index (χ2v) is 9.12. The molecule has 4 aromatic rings. The molecule has 0 N–H and O–H groups in total. The van der Waals surface area contributed by atoms with Crippen LogP contribution in [0.5, 0.6) is 5.75 Å². The average molecular weight is 531 g/mol. The van der Waals surface area contributed by atoms with Crippen LogP contribution in [0.4, 0.5) is 0 Å². The quantitative estimate of drug-likeness (QED) is 0.140. The van der Waals surface area contributed by atoms with Crippen LogP contribution in [0.2, 0.25) is 0 Å². The third-order valence-electron chi connectivity index (χ3n) is 6.41. The van der Waals surface area contributed by atoms with Gasteiger partial charge in [-0.25, -0.2) is 4.79 Å². The summed E-state index contributed by atoms with van der Waals surface area (Å²) in [7, 11) is 0. The summed E-state index contributed by atoms with van der Waals surface area (Å²) in [6.45, 7) is 4.81. The Morgan fingerprint density at radius 3 is 2.15 bits per heavy atom. The van der Waals surface area contributed by atoms with Gasteiger partial charge in [0, 0.05) is 18.6 Å². The third kappa shape index (κ3) is 7.50. The maximum atomic E-state index is 12.2. The zero-order valence-electron chi connectivity index (χ0n) is 23.0. The number of ether oxygens (including phenoxy) is 3. The summed E-state index contributed by atoms with van der Waals surface area (Å²) >= 11 is 0. The first-order valence-corrected chi connectivity index (χ1v) is 13.5. The minimum absolute atomic E-state index is 0.329. The lowest BCUT2D eigenvalue weighted by Crippen LogP contribution is -2.28. The molecule has 0 unspecified atom stereocenters. The second-order valence-electron chi connectivity index (χ2n) is 9.12. The maximum Gasteiger partial charge on any atom is 0.335 e. The summed E-state index contributed by atoms with van der Waals surface area (Å²) in [5, 5.41) is 0. The fourth-order valence-electron chi connectivity index (χ4n) is 4.50. The molecule has 0 saturated carbocycles. The highest BCUT2D eigenvalue weighted by molar-refractivity contribution is 5.83. The normalized spacial score (nSPS) is 11.6.